The zero-order chi connectivity index (χ0) is 6.97. The molecule has 0 N–H and O–H groups in total. The fraction of sp³-hybridized carbons (Fsp3) is 0.200. The Hall–Kier alpha value is -1.52. The molecule has 0 spiro atoms. The van der Waals surface area contributed by atoms with Crippen LogP contribution in [0.25, 0.3) is 0 Å². The number of nitrogens with zero attached hydrogens (tertiary/aromatic N) is 4. The third-order valence-electron chi connectivity index (χ3n) is 1.28. The van der Waals surface area contributed by atoms with Crippen molar-refractivity contribution >= 4 is 5.69 Å². The van der Waals surface area contributed by atoms with Crippen molar-refractivity contribution in [3.8, 4) is 0 Å². The van der Waals surface area contributed by atoms with Crippen LogP contribution in [-0.4, -0.2) is 14.8 Å². The third kappa shape index (κ3) is 0.637. The molecule has 0 unspecified atom stereocenters. The number of fused-ring (bicyclic) bond motifs is 1. The summed E-state index contributed by atoms with van der Waals surface area (Å²) in [4.78, 5) is 8.18. The van der Waals surface area contributed by atoms with Gasteiger partial charge in [0.2, 0.25) is 6.54 Å². The van der Waals surface area contributed by atoms with Crippen LogP contribution in [0.3, 0.4) is 0 Å². The van der Waals surface area contributed by atoms with E-state index in [1.165, 1.54) is 12.5 Å². The first-order valence-electron chi connectivity index (χ1n) is 2.81. The molecule has 0 amide bonds. The van der Waals surface area contributed by atoms with Crippen LogP contribution in [0, 0.1) is 5.21 Å². The van der Waals surface area contributed by atoms with Gasteiger partial charge in [0.15, 0.2) is 5.69 Å². The number of hydroxylamine groups is 1. The fourth-order valence-corrected chi connectivity index (χ4v) is 0.837. The predicted octanol–water partition coefficient (Wildman–Crippen LogP) is 0.584. The highest BCUT2D eigenvalue weighted by Gasteiger charge is 2.17. The van der Waals surface area contributed by atoms with Gasteiger partial charge < -0.3 is 5.21 Å². The first kappa shape index (κ1) is 5.28. The van der Waals surface area contributed by atoms with Gasteiger partial charge in [-0.25, -0.2) is 9.97 Å². The molecule has 5 heteroatoms. The van der Waals surface area contributed by atoms with E-state index in [0.717, 1.165) is 0 Å². The minimum atomic E-state index is 0.248. The molecule has 2 rings (SSSR count). The zero-order valence-electron chi connectivity index (χ0n) is 5.06. The summed E-state index contributed by atoms with van der Waals surface area (Å²) >= 11 is 0. The Kier molecular flexibility index (Phi) is 0.913. The summed E-state index contributed by atoms with van der Waals surface area (Å²) in [5.41, 5.74) is 1.28. The fourth-order valence-electron chi connectivity index (χ4n) is 0.837. The highest BCUT2D eigenvalue weighted by Crippen LogP contribution is 2.21. The lowest BCUT2D eigenvalue weighted by Gasteiger charge is -1.87. The molecule has 5 nitrogen and oxygen atoms in total. The average Bonchev–Trinajstić information content (AvgIpc) is 2.27. The molecular formula is C5H4N4O. The normalized spacial score (nSPS) is 14.6. The van der Waals surface area contributed by atoms with Crippen molar-refractivity contribution in [2.24, 2.45) is 5.11 Å². The predicted molar refractivity (Wildman–Crippen MR) is 31.5 cm³/mol. The van der Waals surface area contributed by atoms with E-state index in [-0.39, 0.29) is 6.54 Å². The lowest BCUT2D eigenvalue weighted by molar-refractivity contribution is -0.534. The summed E-state index contributed by atoms with van der Waals surface area (Å²) < 4.78 is 0. The molecule has 0 saturated heterocycles. The summed E-state index contributed by atoms with van der Waals surface area (Å²) in [6, 6.07) is 0. The Bertz CT molecular complexity index is 295. The van der Waals surface area contributed by atoms with Gasteiger partial charge in [-0.2, -0.15) is 0 Å². The quantitative estimate of drug-likeness (QED) is 0.387. The molecule has 1 aliphatic heterocycles. The van der Waals surface area contributed by atoms with E-state index in [9.17, 15) is 5.21 Å². The van der Waals surface area contributed by atoms with Gasteiger partial charge >= 0.3 is 0 Å². The monoisotopic (exact) mass is 136 g/mol. The van der Waals surface area contributed by atoms with Crippen molar-refractivity contribution in [1.29, 1.82) is 0 Å². The number of rotatable bonds is 0. The van der Waals surface area contributed by atoms with Gasteiger partial charge in [-0.3, -0.25) is 0 Å². The van der Waals surface area contributed by atoms with E-state index in [2.05, 4.69) is 15.1 Å². The van der Waals surface area contributed by atoms with Crippen LogP contribution in [0.15, 0.2) is 17.6 Å². The summed E-state index contributed by atoms with van der Waals surface area (Å²) in [5.74, 6) is 0. The van der Waals surface area contributed by atoms with Crippen molar-refractivity contribution in [2.45, 2.75) is 6.54 Å². The Balaban J connectivity index is 2.54. The highest BCUT2D eigenvalue weighted by atomic mass is 16.5. The molecule has 0 saturated carbocycles. The van der Waals surface area contributed by atoms with E-state index in [4.69, 9.17) is 0 Å². The van der Waals surface area contributed by atoms with Crippen LogP contribution in [0.1, 0.15) is 5.69 Å². The van der Waals surface area contributed by atoms with Gasteiger partial charge in [0.05, 0.1) is 6.20 Å². The molecule has 1 aliphatic rings. The molecule has 0 aromatic carbocycles. The van der Waals surface area contributed by atoms with Crippen molar-refractivity contribution in [3.05, 3.63) is 23.4 Å². The Morgan fingerprint density at radius 1 is 1.60 bits per heavy atom. The maximum Gasteiger partial charge on any atom is 0.225 e. The first-order valence-corrected chi connectivity index (χ1v) is 2.81. The van der Waals surface area contributed by atoms with E-state index in [1.54, 1.807) is 0 Å². The van der Waals surface area contributed by atoms with Gasteiger partial charge in [0.25, 0.3) is 0 Å². The standard InChI is InChI=1S/C5H4N4O/c10-9-2-5-4(8-9)1-6-3-7-5/h1,3H,2H2. The lowest BCUT2D eigenvalue weighted by atomic mass is 10.4. The van der Waals surface area contributed by atoms with Crippen LogP contribution in [0.5, 0.6) is 0 Å². The van der Waals surface area contributed by atoms with E-state index in [0.29, 0.717) is 16.2 Å². The van der Waals surface area contributed by atoms with Gasteiger partial charge in [0.1, 0.15) is 12.0 Å². The second kappa shape index (κ2) is 1.73. The number of hydrogen-bond acceptors (Lipinski definition) is 4. The largest absolute Gasteiger partial charge is 0.599 e. The van der Waals surface area contributed by atoms with Gasteiger partial charge in [-0.1, -0.05) is 4.86 Å². The van der Waals surface area contributed by atoms with Crippen molar-refractivity contribution in [1.82, 2.24) is 9.97 Å². The summed E-state index contributed by atoms with van der Waals surface area (Å²) in [5, 5.41) is 14.2. The zero-order valence-corrected chi connectivity index (χ0v) is 5.06. The Labute approximate surface area is 56.6 Å². The van der Waals surface area contributed by atoms with E-state index >= 15 is 0 Å². The highest BCUT2D eigenvalue weighted by molar-refractivity contribution is 5.38. The second-order valence-electron chi connectivity index (χ2n) is 1.96. The smallest absolute Gasteiger partial charge is 0.225 e. The molecule has 0 aliphatic carbocycles. The van der Waals surface area contributed by atoms with Crippen LogP contribution >= 0.6 is 0 Å². The van der Waals surface area contributed by atoms with Crippen LogP contribution in [-0.2, 0) is 6.54 Å². The van der Waals surface area contributed by atoms with Gasteiger partial charge in [0, 0.05) is 5.11 Å². The summed E-state index contributed by atoms with van der Waals surface area (Å²) in [6.45, 7) is 0.248. The molecule has 0 atom stereocenters. The minimum absolute atomic E-state index is 0.248. The van der Waals surface area contributed by atoms with E-state index in [1.807, 2.05) is 0 Å². The topological polar surface area (TPSA) is 64.2 Å². The lowest BCUT2D eigenvalue weighted by Crippen LogP contribution is -1.93. The molecule has 0 radical (unpaired) electrons. The maximum atomic E-state index is 10.6. The molecule has 10 heavy (non-hydrogen) atoms. The number of azo groups is 1. The molecule has 1 aromatic rings. The van der Waals surface area contributed by atoms with Crippen LogP contribution in [0.4, 0.5) is 5.69 Å². The van der Waals surface area contributed by atoms with Crippen molar-refractivity contribution in [2.75, 3.05) is 0 Å². The van der Waals surface area contributed by atoms with Crippen LogP contribution < -0.4 is 0 Å². The number of aromatic nitrogens is 2. The van der Waals surface area contributed by atoms with Crippen molar-refractivity contribution < 1.29 is 4.86 Å². The number of hydrogen-bond donors (Lipinski definition) is 0. The Morgan fingerprint density at radius 3 is 3.30 bits per heavy atom. The molecular weight excluding hydrogens is 132 g/mol. The molecule has 1 aromatic heterocycles. The average molecular weight is 136 g/mol. The minimum Gasteiger partial charge on any atom is -0.599 e. The van der Waals surface area contributed by atoms with E-state index < -0.39 is 0 Å². The Morgan fingerprint density at radius 2 is 2.50 bits per heavy atom. The third-order valence-corrected chi connectivity index (χ3v) is 1.28. The van der Waals surface area contributed by atoms with Gasteiger partial charge in [-0.05, 0) is 0 Å². The van der Waals surface area contributed by atoms with Gasteiger partial charge in [-0.15, -0.1) is 0 Å². The van der Waals surface area contributed by atoms with Crippen LogP contribution in [0.2, 0.25) is 0 Å². The molecule has 2 heterocycles. The summed E-state index contributed by atoms with van der Waals surface area (Å²) in [6.07, 6.45) is 2.94. The maximum absolute atomic E-state index is 10.6. The molecule has 50 valence electrons. The van der Waals surface area contributed by atoms with Crippen molar-refractivity contribution in [3.63, 3.8) is 0 Å². The summed E-state index contributed by atoms with van der Waals surface area (Å²) in [7, 11) is 0. The molecule has 0 bridgehead atoms. The molecule has 0 fully saturated rings. The SMILES string of the molecule is [O-][N+]1=Nc2cncnc2C1. The first-order chi connectivity index (χ1) is 4.86. The second-order valence-corrected chi connectivity index (χ2v) is 1.96.